The molecule has 0 bridgehead atoms. The van der Waals surface area contributed by atoms with Gasteiger partial charge in [0.1, 0.15) is 0 Å². The molecular weight excluding hydrogens is 254 g/mol. The lowest BCUT2D eigenvalue weighted by Crippen LogP contribution is -2.19. The molecule has 0 fully saturated rings. The first-order valence-electron chi connectivity index (χ1n) is 7.02. The van der Waals surface area contributed by atoms with Gasteiger partial charge >= 0.3 is 0 Å². The van der Waals surface area contributed by atoms with Crippen LogP contribution in [0.3, 0.4) is 0 Å². The second-order valence-electron chi connectivity index (χ2n) is 4.79. The summed E-state index contributed by atoms with van der Waals surface area (Å²) in [5.41, 5.74) is 1.17. The maximum Gasteiger partial charge on any atom is 0.240 e. The zero-order chi connectivity index (χ0) is 14.2. The van der Waals surface area contributed by atoms with Crippen LogP contribution in [0, 0.1) is 0 Å². The molecule has 1 aromatic carbocycles. The van der Waals surface area contributed by atoms with Gasteiger partial charge in [0.2, 0.25) is 5.89 Å². The first-order chi connectivity index (χ1) is 9.78. The Bertz CT molecular complexity index is 499. The van der Waals surface area contributed by atoms with E-state index in [2.05, 4.69) is 15.5 Å². The minimum absolute atomic E-state index is 0.237. The molecule has 0 radical (unpaired) electrons. The molecule has 1 aromatic heterocycles. The first-order valence-corrected chi connectivity index (χ1v) is 7.02. The van der Waals surface area contributed by atoms with E-state index in [1.54, 1.807) is 0 Å². The zero-order valence-corrected chi connectivity index (χ0v) is 11.7. The summed E-state index contributed by atoms with van der Waals surface area (Å²) < 4.78 is 5.18. The second-order valence-corrected chi connectivity index (χ2v) is 4.79. The Labute approximate surface area is 119 Å². The average molecular weight is 275 g/mol. The van der Waals surface area contributed by atoms with E-state index in [9.17, 15) is 5.11 Å². The van der Waals surface area contributed by atoms with Gasteiger partial charge in [-0.25, -0.2) is 0 Å². The number of aromatic nitrogens is 2. The fourth-order valence-electron chi connectivity index (χ4n) is 1.88. The van der Waals surface area contributed by atoms with Crippen molar-refractivity contribution >= 4 is 0 Å². The lowest BCUT2D eigenvalue weighted by atomic mass is 10.1. The molecule has 1 unspecified atom stereocenters. The first kappa shape index (κ1) is 14.7. The van der Waals surface area contributed by atoms with Gasteiger partial charge in [-0.2, -0.15) is 4.98 Å². The third kappa shape index (κ3) is 4.75. The number of benzene rings is 1. The van der Waals surface area contributed by atoms with Crippen molar-refractivity contribution in [1.82, 2.24) is 15.5 Å². The lowest BCUT2D eigenvalue weighted by molar-refractivity contribution is 0.159. The molecule has 2 N–H and O–H groups in total. The number of rotatable bonds is 8. The Kier molecular flexibility index (Phi) is 5.70. The number of aliphatic hydroxyl groups is 1. The quantitative estimate of drug-likeness (QED) is 0.720. The summed E-state index contributed by atoms with van der Waals surface area (Å²) in [6, 6.07) is 10.1. The van der Waals surface area contributed by atoms with Crippen LogP contribution in [-0.4, -0.2) is 27.9 Å². The molecule has 5 heteroatoms. The van der Waals surface area contributed by atoms with Crippen LogP contribution in [0.2, 0.25) is 0 Å². The molecule has 108 valence electrons. The second kappa shape index (κ2) is 7.77. The Morgan fingerprint density at radius 2 is 2.10 bits per heavy atom. The summed E-state index contributed by atoms with van der Waals surface area (Å²) in [6.45, 7) is 3.25. The maximum atomic E-state index is 9.43. The molecule has 1 heterocycles. The van der Waals surface area contributed by atoms with E-state index in [4.69, 9.17) is 4.52 Å². The summed E-state index contributed by atoms with van der Waals surface area (Å²) >= 11 is 0. The number of aliphatic hydroxyl groups excluding tert-OH is 1. The summed E-state index contributed by atoms with van der Waals surface area (Å²) in [7, 11) is 0. The van der Waals surface area contributed by atoms with E-state index in [0.717, 1.165) is 19.4 Å². The van der Waals surface area contributed by atoms with E-state index in [-0.39, 0.29) is 6.10 Å². The normalized spacial score (nSPS) is 12.5. The lowest BCUT2D eigenvalue weighted by Gasteiger charge is -2.06. The van der Waals surface area contributed by atoms with Gasteiger partial charge in [-0.1, -0.05) is 42.4 Å². The fraction of sp³-hybridized carbons (Fsp3) is 0.467. The molecule has 2 rings (SSSR count). The van der Waals surface area contributed by atoms with Crippen LogP contribution in [0.15, 0.2) is 34.9 Å². The molecule has 0 aliphatic rings. The van der Waals surface area contributed by atoms with Crippen LogP contribution in [0.25, 0.3) is 0 Å². The van der Waals surface area contributed by atoms with Gasteiger partial charge in [0, 0.05) is 6.42 Å². The van der Waals surface area contributed by atoms with E-state index in [1.807, 2.05) is 37.3 Å². The number of hydrogen-bond acceptors (Lipinski definition) is 5. The standard InChI is InChI=1S/C15H21N3O2/c1-2-13(19)8-9-16-11-15-17-14(18-20-15)10-12-6-4-3-5-7-12/h3-7,13,16,19H,2,8-11H2,1H3. The number of nitrogens with zero attached hydrogens (tertiary/aromatic N) is 2. The third-order valence-electron chi connectivity index (χ3n) is 3.12. The molecule has 20 heavy (non-hydrogen) atoms. The predicted octanol–water partition coefficient (Wildman–Crippen LogP) is 1.91. The van der Waals surface area contributed by atoms with E-state index >= 15 is 0 Å². The Balaban J connectivity index is 1.75. The Morgan fingerprint density at radius 3 is 2.85 bits per heavy atom. The van der Waals surface area contributed by atoms with Crippen LogP contribution >= 0.6 is 0 Å². The minimum Gasteiger partial charge on any atom is -0.393 e. The highest BCUT2D eigenvalue weighted by Crippen LogP contribution is 2.06. The Morgan fingerprint density at radius 1 is 1.30 bits per heavy atom. The van der Waals surface area contributed by atoms with Gasteiger partial charge in [0.15, 0.2) is 5.82 Å². The molecule has 0 spiro atoms. The van der Waals surface area contributed by atoms with Crippen molar-refractivity contribution in [2.75, 3.05) is 6.54 Å². The van der Waals surface area contributed by atoms with E-state index in [0.29, 0.717) is 24.7 Å². The average Bonchev–Trinajstić information content (AvgIpc) is 2.92. The largest absolute Gasteiger partial charge is 0.393 e. The number of nitrogens with one attached hydrogen (secondary N) is 1. The monoisotopic (exact) mass is 275 g/mol. The molecule has 2 aromatic rings. The van der Waals surface area contributed by atoms with Crippen molar-refractivity contribution in [2.24, 2.45) is 0 Å². The summed E-state index contributed by atoms with van der Waals surface area (Å²) in [5.74, 6) is 1.28. The van der Waals surface area contributed by atoms with Crippen LogP contribution in [0.5, 0.6) is 0 Å². The van der Waals surface area contributed by atoms with Gasteiger partial charge in [-0.15, -0.1) is 0 Å². The smallest absolute Gasteiger partial charge is 0.240 e. The van der Waals surface area contributed by atoms with E-state index in [1.165, 1.54) is 5.56 Å². The van der Waals surface area contributed by atoms with Crippen molar-refractivity contribution in [3.63, 3.8) is 0 Å². The summed E-state index contributed by atoms with van der Waals surface area (Å²) in [6.07, 6.45) is 1.96. The Hall–Kier alpha value is -1.72. The molecule has 0 saturated heterocycles. The SMILES string of the molecule is CCC(O)CCNCc1nc(Cc2ccccc2)no1. The highest BCUT2D eigenvalue weighted by molar-refractivity contribution is 5.18. The van der Waals surface area contributed by atoms with Gasteiger partial charge in [0.25, 0.3) is 0 Å². The van der Waals surface area contributed by atoms with Crippen LogP contribution in [-0.2, 0) is 13.0 Å². The summed E-state index contributed by atoms with van der Waals surface area (Å²) in [4.78, 5) is 4.34. The predicted molar refractivity (Wildman–Crippen MR) is 76.2 cm³/mol. The molecule has 0 amide bonds. The maximum absolute atomic E-state index is 9.43. The van der Waals surface area contributed by atoms with E-state index < -0.39 is 0 Å². The zero-order valence-electron chi connectivity index (χ0n) is 11.7. The highest BCUT2D eigenvalue weighted by Gasteiger charge is 2.07. The van der Waals surface area contributed by atoms with Gasteiger partial charge in [-0.05, 0) is 24.9 Å². The van der Waals surface area contributed by atoms with Crippen LogP contribution in [0.1, 0.15) is 37.0 Å². The van der Waals surface area contributed by atoms with Crippen molar-refractivity contribution in [3.8, 4) is 0 Å². The molecule has 1 atom stereocenters. The minimum atomic E-state index is -0.237. The molecular formula is C15H21N3O2. The highest BCUT2D eigenvalue weighted by atomic mass is 16.5. The van der Waals surface area contributed by atoms with Crippen LogP contribution in [0.4, 0.5) is 0 Å². The van der Waals surface area contributed by atoms with Crippen molar-refractivity contribution in [2.45, 2.75) is 38.8 Å². The summed E-state index contributed by atoms with van der Waals surface area (Å²) in [5, 5.41) is 16.6. The van der Waals surface area contributed by atoms with Gasteiger partial charge < -0.3 is 14.9 Å². The van der Waals surface area contributed by atoms with Gasteiger partial charge in [-0.3, -0.25) is 0 Å². The van der Waals surface area contributed by atoms with Crippen molar-refractivity contribution in [1.29, 1.82) is 0 Å². The van der Waals surface area contributed by atoms with Crippen molar-refractivity contribution < 1.29 is 9.63 Å². The topological polar surface area (TPSA) is 71.2 Å². The van der Waals surface area contributed by atoms with Crippen molar-refractivity contribution in [3.05, 3.63) is 47.6 Å². The van der Waals surface area contributed by atoms with Crippen LogP contribution < -0.4 is 5.32 Å². The van der Waals surface area contributed by atoms with Gasteiger partial charge in [0.05, 0.1) is 12.6 Å². The molecule has 0 aliphatic heterocycles. The molecule has 5 nitrogen and oxygen atoms in total. The molecule has 0 saturated carbocycles. The number of hydrogen-bond donors (Lipinski definition) is 2. The molecule has 0 aliphatic carbocycles. The fourth-order valence-corrected chi connectivity index (χ4v) is 1.88. The third-order valence-corrected chi connectivity index (χ3v) is 3.12.